The molecule has 2 aromatic carbocycles. The average molecular weight is 362 g/mol. The first-order valence-electron chi connectivity index (χ1n) is 8.34. The second kappa shape index (κ2) is 7.70. The van der Waals surface area contributed by atoms with Crippen molar-refractivity contribution >= 4 is 17.5 Å². The van der Waals surface area contributed by atoms with E-state index >= 15 is 0 Å². The maximum Gasteiger partial charge on any atom is 0.254 e. The van der Waals surface area contributed by atoms with E-state index in [9.17, 15) is 14.9 Å². The Morgan fingerprint density at radius 1 is 1.22 bits per heavy atom. The summed E-state index contributed by atoms with van der Waals surface area (Å²) in [5.41, 5.74) is 8.64. The van der Waals surface area contributed by atoms with E-state index in [1.807, 2.05) is 12.1 Å². The monoisotopic (exact) mass is 362 g/mol. The van der Waals surface area contributed by atoms with Crippen LogP contribution in [0.3, 0.4) is 0 Å². The summed E-state index contributed by atoms with van der Waals surface area (Å²) in [6.45, 7) is 0.194. The first-order chi connectivity index (χ1) is 13.0. The lowest BCUT2D eigenvalue weighted by Crippen LogP contribution is -2.43. The predicted molar refractivity (Wildman–Crippen MR) is 99.7 cm³/mol. The highest BCUT2D eigenvalue weighted by molar-refractivity contribution is 6.05. The molecule has 1 saturated heterocycles. The van der Waals surface area contributed by atoms with E-state index in [2.05, 4.69) is 11.2 Å². The van der Waals surface area contributed by atoms with Gasteiger partial charge >= 0.3 is 0 Å². The molecule has 2 aromatic rings. The summed E-state index contributed by atoms with van der Waals surface area (Å²) in [4.78, 5) is 30.7. The van der Waals surface area contributed by atoms with Gasteiger partial charge in [-0.25, -0.2) is 0 Å². The molecule has 0 bridgehead atoms. The SMILES string of the molecule is CON=C1CC(C(N)=O)N(C(=O)c2ccc(-c3ccccc3C#N)cc2)C1. The Bertz CT molecular complexity index is 944. The third-order valence-corrected chi connectivity index (χ3v) is 4.46. The Morgan fingerprint density at radius 3 is 2.56 bits per heavy atom. The minimum absolute atomic E-state index is 0.194. The lowest BCUT2D eigenvalue weighted by molar-refractivity contribution is -0.121. The Hall–Kier alpha value is -3.66. The topological polar surface area (TPSA) is 109 Å². The molecule has 0 aliphatic carbocycles. The van der Waals surface area contributed by atoms with Gasteiger partial charge in [0.2, 0.25) is 5.91 Å². The minimum Gasteiger partial charge on any atom is -0.399 e. The molecule has 3 rings (SSSR count). The number of rotatable bonds is 4. The van der Waals surface area contributed by atoms with E-state index in [1.54, 1.807) is 36.4 Å². The van der Waals surface area contributed by atoms with Crippen LogP contribution in [0.15, 0.2) is 53.7 Å². The van der Waals surface area contributed by atoms with Crippen molar-refractivity contribution in [3.63, 3.8) is 0 Å². The highest BCUT2D eigenvalue weighted by Crippen LogP contribution is 2.25. The van der Waals surface area contributed by atoms with Gasteiger partial charge in [0, 0.05) is 12.0 Å². The van der Waals surface area contributed by atoms with Gasteiger partial charge in [-0.3, -0.25) is 9.59 Å². The second-order valence-corrected chi connectivity index (χ2v) is 6.13. The van der Waals surface area contributed by atoms with E-state index in [0.29, 0.717) is 16.8 Å². The van der Waals surface area contributed by atoms with Crippen molar-refractivity contribution in [2.75, 3.05) is 13.7 Å². The van der Waals surface area contributed by atoms with Gasteiger partial charge in [0.25, 0.3) is 5.91 Å². The molecule has 1 heterocycles. The first kappa shape index (κ1) is 18.1. The number of likely N-dealkylation sites (tertiary alicyclic amines) is 1. The van der Waals surface area contributed by atoms with Crippen molar-refractivity contribution in [3.8, 4) is 17.2 Å². The second-order valence-electron chi connectivity index (χ2n) is 6.13. The minimum atomic E-state index is -0.745. The van der Waals surface area contributed by atoms with Gasteiger partial charge in [-0.1, -0.05) is 35.5 Å². The number of carbonyl (C=O) groups is 2. The molecule has 1 fully saturated rings. The molecule has 1 atom stereocenters. The van der Waals surface area contributed by atoms with Gasteiger partial charge in [0.1, 0.15) is 13.2 Å². The Kier molecular flexibility index (Phi) is 5.18. The summed E-state index contributed by atoms with van der Waals surface area (Å²) < 4.78 is 0. The summed E-state index contributed by atoms with van der Waals surface area (Å²) >= 11 is 0. The average Bonchev–Trinajstić information content (AvgIpc) is 3.12. The van der Waals surface area contributed by atoms with Gasteiger partial charge in [-0.2, -0.15) is 5.26 Å². The summed E-state index contributed by atoms with van der Waals surface area (Å²) in [6, 6.07) is 15.6. The van der Waals surface area contributed by atoms with Gasteiger partial charge < -0.3 is 15.5 Å². The normalized spacial score (nSPS) is 17.6. The van der Waals surface area contributed by atoms with Crippen molar-refractivity contribution in [2.45, 2.75) is 12.5 Å². The van der Waals surface area contributed by atoms with Crippen LogP contribution in [-0.2, 0) is 9.63 Å². The molecule has 2 N–H and O–H groups in total. The highest BCUT2D eigenvalue weighted by Gasteiger charge is 2.37. The van der Waals surface area contributed by atoms with Crippen LogP contribution in [0.1, 0.15) is 22.3 Å². The van der Waals surface area contributed by atoms with Gasteiger partial charge in [-0.15, -0.1) is 0 Å². The van der Waals surface area contributed by atoms with Gasteiger partial charge in [-0.05, 0) is 29.3 Å². The molecular weight excluding hydrogens is 344 g/mol. The number of nitriles is 1. The molecule has 1 unspecified atom stereocenters. The molecule has 136 valence electrons. The molecule has 7 heteroatoms. The predicted octanol–water partition coefficient (Wildman–Crippen LogP) is 1.93. The fourth-order valence-corrected chi connectivity index (χ4v) is 3.16. The van der Waals surface area contributed by atoms with E-state index in [0.717, 1.165) is 11.1 Å². The number of hydrogen-bond acceptors (Lipinski definition) is 5. The highest BCUT2D eigenvalue weighted by atomic mass is 16.6. The molecule has 1 aliphatic heterocycles. The molecule has 0 spiro atoms. The molecule has 7 nitrogen and oxygen atoms in total. The molecule has 2 amide bonds. The standard InChI is InChI=1S/C20H18N4O3/c1-27-23-16-10-18(19(22)25)24(12-16)20(26)14-8-6-13(7-9-14)17-5-3-2-4-15(17)11-21/h2-9,18H,10,12H2,1H3,(H2,22,25). The van der Waals surface area contributed by atoms with E-state index in [4.69, 9.17) is 10.6 Å². The molecular formula is C20H18N4O3. The third kappa shape index (κ3) is 3.65. The molecule has 1 aliphatic rings. The van der Waals surface area contributed by atoms with Crippen LogP contribution in [-0.4, -0.2) is 42.1 Å². The van der Waals surface area contributed by atoms with Crippen LogP contribution < -0.4 is 5.73 Å². The van der Waals surface area contributed by atoms with Crippen LogP contribution in [0.25, 0.3) is 11.1 Å². The summed E-state index contributed by atoms with van der Waals surface area (Å²) in [7, 11) is 1.41. The van der Waals surface area contributed by atoms with Crippen molar-refractivity contribution in [1.82, 2.24) is 4.90 Å². The smallest absolute Gasteiger partial charge is 0.254 e. The third-order valence-electron chi connectivity index (χ3n) is 4.46. The Morgan fingerprint density at radius 2 is 1.93 bits per heavy atom. The fourth-order valence-electron chi connectivity index (χ4n) is 3.16. The first-order valence-corrected chi connectivity index (χ1v) is 8.34. The number of nitrogens with two attached hydrogens (primary N) is 1. The summed E-state index contributed by atoms with van der Waals surface area (Å²) in [5.74, 6) is -0.885. The van der Waals surface area contributed by atoms with Crippen molar-refractivity contribution in [2.24, 2.45) is 10.9 Å². The van der Waals surface area contributed by atoms with Crippen LogP contribution in [0.4, 0.5) is 0 Å². The molecule has 27 heavy (non-hydrogen) atoms. The molecule has 0 saturated carbocycles. The zero-order chi connectivity index (χ0) is 19.4. The Labute approximate surface area is 156 Å². The van der Waals surface area contributed by atoms with Gasteiger partial charge in [0.05, 0.1) is 23.9 Å². The fraction of sp³-hybridized carbons (Fsp3) is 0.200. The van der Waals surface area contributed by atoms with Crippen molar-refractivity contribution in [1.29, 1.82) is 5.26 Å². The van der Waals surface area contributed by atoms with Crippen molar-refractivity contribution in [3.05, 3.63) is 59.7 Å². The van der Waals surface area contributed by atoms with E-state index in [-0.39, 0.29) is 18.9 Å². The maximum absolute atomic E-state index is 12.9. The number of primary amides is 1. The largest absolute Gasteiger partial charge is 0.399 e. The number of nitrogens with zero attached hydrogens (tertiary/aromatic N) is 3. The number of hydrogen-bond donors (Lipinski definition) is 1. The van der Waals surface area contributed by atoms with E-state index in [1.165, 1.54) is 12.0 Å². The number of benzene rings is 2. The van der Waals surface area contributed by atoms with Crippen LogP contribution in [0, 0.1) is 11.3 Å². The van der Waals surface area contributed by atoms with Crippen LogP contribution >= 0.6 is 0 Å². The maximum atomic E-state index is 12.9. The van der Waals surface area contributed by atoms with Crippen LogP contribution in [0.5, 0.6) is 0 Å². The number of amides is 2. The summed E-state index contributed by atoms with van der Waals surface area (Å²) in [6.07, 6.45) is 0.266. The molecule has 0 radical (unpaired) electrons. The Balaban J connectivity index is 1.86. The number of carbonyl (C=O) groups excluding carboxylic acids is 2. The lowest BCUT2D eigenvalue weighted by Gasteiger charge is -2.21. The number of oxime groups is 1. The van der Waals surface area contributed by atoms with Gasteiger partial charge in [0.15, 0.2) is 0 Å². The van der Waals surface area contributed by atoms with E-state index < -0.39 is 11.9 Å². The zero-order valence-corrected chi connectivity index (χ0v) is 14.8. The van der Waals surface area contributed by atoms with Crippen molar-refractivity contribution < 1.29 is 14.4 Å². The zero-order valence-electron chi connectivity index (χ0n) is 14.8. The molecule has 0 aromatic heterocycles. The summed E-state index contributed by atoms with van der Waals surface area (Å²) in [5, 5.41) is 13.1. The quantitative estimate of drug-likeness (QED) is 0.838. The van der Waals surface area contributed by atoms with Crippen LogP contribution in [0.2, 0.25) is 0 Å². The lowest BCUT2D eigenvalue weighted by atomic mass is 9.99.